The predicted octanol–water partition coefficient (Wildman–Crippen LogP) is 4.39. The number of hydrogen-bond acceptors (Lipinski definition) is 3. The summed E-state index contributed by atoms with van der Waals surface area (Å²) in [7, 11) is 3.41. The standard InChI is InChI=1S/C18H26O3/c1-11-6-7-14-13(8-11)17-15(20-5)9-12(19-4)10-16(17)21-18(14,2)3/h9-11,13-14H,6-8H2,1-5H3/t11?,13?,14-/m1/s1. The van der Waals surface area contributed by atoms with Crippen molar-refractivity contribution in [2.75, 3.05) is 14.2 Å². The van der Waals surface area contributed by atoms with Gasteiger partial charge < -0.3 is 14.2 Å². The van der Waals surface area contributed by atoms with Gasteiger partial charge in [-0.2, -0.15) is 0 Å². The highest BCUT2D eigenvalue weighted by atomic mass is 16.5. The van der Waals surface area contributed by atoms with E-state index in [1.165, 1.54) is 24.8 Å². The van der Waals surface area contributed by atoms with Crippen molar-refractivity contribution in [1.82, 2.24) is 0 Å². The molecular formula is C18H26O3. The highest BCUT2D eigenvalue weighted by Crippen LogP contribution is 2.56. The molecule has 0 bridgehead atoms. The maximum Gasteiger partial charge on any atom is 0.131 e. The second kappa shape index (κ2) is 5.11. The Labute approximate surface area is 127 Å². The van der Waals surface area contributed by atoms with Gasteiger partial charge in [0.1, 0.15) is 22.8 Å². The van der Waals surface area contributed by atoms with Crippen LogP contribution in [0, 0.1) is 11.8 Å². The summed E-state index contributed by atoms with van der Waals surface area (Å²) in [6, 6.07) is 3.99. The molecule has 2 aliphatic rings. The molecular weight excluding hydrogens is 264 g/mol. The molecule has 0 amide bonds. The topological polar surface area (TPSA) is 27.7 Å². The van der Waals surface area contributed by atoms with Crippen LogP contribution in [0.15, 0.2) is 12.1 Å². The fraction of sp³-hybridized carbons (Fsp3) is 0.667. The summed E-state index contributed by atoms with van der Waals surface area (Å²) < 4.78 is 17.4. The first-order valence-corrected chi connectivity index (χ1v) is 7.91. The van der Waals surface area contributed by atoms with E-state index >= 15 is 0 Å². The molecule has 1 aromatic rings. The molecule has 0 radical (unpaired) electrons. The van der Waals surface area contributed by atoms with Gasteiger partial charge in [0.15, 0.2) is 0 Å². The van der Waals surface area contributed by atoms with Crippen LogP contribution >= 0.6 is 0 Å². The number of methoxy groups -OCH3 is 2. The van der Waals surface area contributed by atoms with Crippen LogP contribution in [0.1, 0.15) is 51.5 Å². The van der Waals surface area contributed by atoms with Gasteiger partial charge in [0, 0.05) is 23.6 Å². The maximum atomic E-state index is 6.35. The first kappa shape index (κ1) is 14.6. The van der Waals surface area contributed by atoms with E-state index < -0.39 is 0 Å². The molecule has 1 fully saturated rings. The molecule has 2 unspecified atom stereocenters. The predicted molar refractivity (Wildman–Crippen MR) is 83.5 cm³/mol. The minimum absolute atomic E-state index is 0.130. The van der Waals surface area contributed by atoms with Crippen LogP contribution in [0.2, 0.25) is 0 Å². The van der Waals surface area contributed by atoms with Gasteiger partial charge in [-0.3, -0.25) is 0 Å². The van der Waals surface area contributed by atoms with Crippen molar-refractivity contribution >= 4 is 0 Å². The quantitative estimate of drug-likeness (QED) is 0.808. The van der Waals surface area contributed by atoms with Crippen molar-refractivity contribution in [2.24, 2.45) is 11.8 Å². The molecule has 3 rings (SSSR count). The lowest BCUT2D eigenvalue weighted by atomic mass is 9.64. The van der Waals surface area contributed by atoms with Gasteiger partial charge in [-0.1, -0.05) is 13.3 Å². The Morgan fingerprint density at radius 3 is 2.57 bits per heavy atom. The van der Waals surface area contributed by atoms with Gasteiger partial charge in [0.25, 0.3) is 0 Å². The van der Waals surface area contributed by atoms with Crippen molar-refractivity contribution in [1.29, 1.82) is 0 Å². The van der Waals surface area contributed by atoms with Gasteiger partial charge >= 0.3 is 0 Å². The van der Waals surface area contributed by atoms with E-state index in [9.17, 15) is 0 Å². The highest BCUT2D eigenvalue weighted by Gasteiger charge is 2.47. The minimum atomic E-state index is -0.130. The third kappa shape index (κ3) is 2.37. The molecule has 1 heterocycles. The molecule has 1 aliphatic carbocycles. The monoisotopic (exact) mass is 290 g/mol. The molecule has 3 nitrogen and oxygen atoms in total. The van der Waals surface area contributed by atoms with E-state index in [1.54, 1.807) is 14.2 Å². The number of rotatable bonds is 2. The molecule has 21 heavy (non-hydrogen) atoms. The van der Waals surface area contributed by atoms with Crippen LogP contribution in [-0.2, 0) is 0 Å². The van der Waals surface area contributed by atoms with Crippen molar-refractivity contribution in [3.8, 4) is 17.2 Å². The fourth-order valence-electron chi connectivity index (χ4n) is 4.20. The minimum Gasteiger partial charge on any atom is -0.496 e. The lowest BCUT2D eigenvalue weighted by molar-refractivity contribution is -0.0147. The Hall–Kier alpha value is -1.38. The fourth-order valence-corrected chi connectivity index (χ4v) is 4.20. The Balaban J connectivity index is 2.13. The molecule has 0 N–H and O–H groups in total. The van der Waals surface area contributed by atoms with E-state index in [1.807, 2.05) is 12.1 Å². The third-order valence-corrected chi connectivity index (χ3v) is 5.28. The molecule has 1 aliphatic heterocycles. The smallest absolute Gasteiger partial charge is 0.131 e. The molecule has 3 heteroatoms. The van der Waals surface area contributed by atoms with Crippen LogP contribution < -0.4 is 14.2 Å². The largest absolute Gasteiger partial charge is 0.496 e. The van der Waals surface area contributed by atoms with E-state index in [-0.39, 0.29) is 5.60 Å². The Morgan fingerprint density at radius 1 is 1.14 bits per heavy atom. The summed E-state index contributed by atoms with van der Waals surface area (Å²) in [4.78, 5) is 0. The number of fused-ring (bicyclic) bond motifs is 3. The zero-order valence-electron chi connectivity index (χ0n) is 13.7. The van der Waals surface area contributed by atoms with Crippen molar-refractivity contribution in [2.45, 2.75) is 51.6 Å². The highest BCUT2D eigenvalue weighted by molar-refractivity contribution is 5.54. The summed E-state index contributed by atoms with van der Waals surface area (Å²) in [6.07, 6.45) is 3.74. The number of hydrogen-bond donors (Lipinski definition) is 0. The molecule has 1 aromatic carbocycles. The van der Waals surface area contributed by atoms with Crippen molar-refractivity contribution in [3.63, 3.8) is 0 Å². The summed E-state index contributed by atoms with van der Waals surface area (Å²) >= 11 is 0. The zero-order chi connectivity index (χ0) is 15.2. The SMILES string of the molecule is COc1cc(OC)c2c(c1)OC(C)(C)[C@@H]1CCC(C)CC21. The average Bonchev–Trinajstić information content (AvgIpc) is 2.44. The van der Waals surface area contributed by atoms with Gasteiger partial charge in [-0.25, -0.2) is 0 Å². The molecule has 1 saturated carbocycles. The Morgan fingerprint density at radius 2 is 1.90 bits per heavy atom. The summed E-state index contributed by atoms with van der Waals surface area (Å²) in [5, 5.41) is 0. The first-order chi connectivity index (χ1) is 9.96. The van der Waals surface area contributed by atoms with Crippen molar-refractivity contribution in [3.05, 3.63) is 17.7 Å². The van der Waals surface area contributed by atoms with Gasteiger partial charge in [0.2, 0.25) is 0 Å². The van der Waals surface area contributed by atoms with E-state index in [2.05, 4.69) is 20.8 Å². The second-order valence-electron chi connectivity index (χ2n) is 7.08. The molecule has 0 aromatic heterocycles. The second-order valence-corrected chi connectivity index (χ2v) is 7.08. The first-order valence-electron chi connectivity index (χ1n) is 7.91. The van der Waals surface area contributed by atoms with E-state index in [0.29, 0.717) is 11.8 Å². The maximum absolute atomic E-state index is 6.35. The van der Waals surface area contributed by atoms with Crippen LogP contribution in [0.5, 0.6) is 17.2 Å². The van der Waals surface area contributed by atoms with E-state index in [0.717, 1.165) is 23.2 Å². The Bertz CT molecular complexity index is 536. The summed E-state index contributed by atoms with van der Waals surface area (Å²) in [6.45, 7) is 6.79. The zero-order valence-corrected chi connectivity index (χ0v) is 13.7. The lowest BCUT2D eigenvalue weighted by Gasteiger charge is -2.49. The van der Waals surface area contributed by atoms with E-state index in [4.69, 9.17) is 14.2 Å². The third-order valence-electron chi connectivity index (χ3n) is 5.28. The summed E-state index contributed by atoms with van der Waals surface area (Å²) in [5.74, 6) is 4.48. The molecule has 0 spiro atoms. The van der Waals surface area contributed by atoms with Crippen LogP contribution in [-0.4, -0.2) is 19.8 Å². The summed E-state index contributed by atoms with van der Waals surface area (Å²) in [5.41, 5.74) is 1.11. The molecule has 116 valence electrons. The number of ether oxygens (including phenoxy) is 3. The van der Waals surface area contributed by atoms with Gasteiger partial charge in [-0.15, -0.1) is 0 Å². The Kier molecular flexibility index (Phi) is 3.54. The molecule has 3 atom stereocenters. The molecule has 0 saturated heterocycles. The van der Waals surface area contributed by atoms with Gasteiger partial charge in [-0.05, 0) is 38.5 Å². The van der Waals surface area contributed by atoms with Gasteiger partial charge in [0.05, 0.1) is 14.2 Å². The van der Waals surface area contributed by atoms with Crippen LogP contribution in [0.3, 0.4) is 0 Å². The van der Waals surface area contributed by atoms with Crippen molar-refractivity contribution < 1.29 is 14.2 Å². The van der Waals surface area contributed by atoms with Crippen LogP contribution in [0.4, 0.5) is 0 Å². The number of benzene rings is 1. The lowest BCUT2D eigenvalue weighted by Crippen LogP contribution is -2.46. The normalized spacial score (nSPS) is 29.9. The average molecular weight is 290 g/mol. The van der Waals surface area contributed by atoms with Crippen LogP contribution in [0.25, 0.3) is 0 Å².